The molecule has 2 heterocycles. The molecular formula is C13H16N4O3S. The molecule has 2 aromatic heterocycles. The van der Waals surface area contributed by atoms with Crippen LogP contribution in [0.25, 0.3) is 0 Å². The van der Waals surface area contributed by atoms with Gasteiger partial charge in [0, 0.05) is 28.9 Å². The molecule has 0 aromatic carbocycles. The molecular weight excluding hydrogens is 292 g/mol. The molecule has 21 heavy (non-hydrogen) atoms. The summed E-state index contributed by atoms with van der Waals surface area (Å²) in [4.78, 5) is 24.7. The van der Waals surface area contributed by atoms with Gasteiger partial charge in [-0.25, -0.2) is 4.79 Å². The summed E-state index contributed by atoms with van der Waals surface area (Å²) < 4.78 is 1.57. The molecule has 0 aliphatic carbocycles. The molecule has 0 saturated carbocycles. The molecule has 2 aromatic rings. The number of aromatic nitrogens is 3. The van der Waals surface area contributed by atoms with Gasteiger partial charge in [0.05, 0.1) is 18.3 Å². The second-order valence-corrected chi connectivity index (χ2v) is 5.99. The summed E-state index contributed by atoms with van der Waals surface area (Å²) in [6.07, 6.45) is 3.50. The number of carbonyl (C=O) groups is 2. The number of carboxylic acid groups (broad SMARTS) is 1. The van der Waals surface area contributed by atoms with E-state index in [-0.39, 0.29) is 18.9 Å². The molecule has 7 nitrogen and oxygen atoms in total. The highest BCUT2D eigenvalue weighted by Crippen LogP contribution is 2.27. The zero-order chi connectivity index (χ0) is 15.4. The van der Waals surface area contributed by atoms with Crippen molar-refractivity contribution in [2.45, 2.75) is 33.4 Å². The molecule has 0 bridgehead atoms. The SMILES string of the molecule is Cc1sc(C)c(C(=O)O)c1CNC(=O)CCn1ccnn1. The van der Waals surface area contributed by atoms with Crippen molar-refractivity contribution >= 4 is 23.2 Å². The smallest absolute Gasteiger partial charge is 0.337 e. The van der Waals surface area contributed by atoms with Crippen LogP contribution in [0.2, 0.25) is 0 Å². The number of carboxylic acids is 1. The number of nitrogens with zero attached hydrogens (tertiary/aromatic N) is 3. The minimum Gasteiger partial charge on any atom is -0.478 e. The molecule has 1 amide bonds. The lowest BCUT2D eigenvalue weighted by Crippen LogP contribution is -2.25. The molecule has 0 saturated heterocycles. The summed E-state index contributed by atoms with van der Waals surface area (Å²) in [6.45, 7) is 4.31. The normalized spacial score (nSPS) is 10.6. The quantitative estimate of drug-likeness (QED) is 0.840. The molecule has 0 radical (unpaired) electrons. The first-order chi connectivity index (χ1) is 9.99. The zero-order valence-corrected chi connectivity index (χ0v) is 12.6. The molecule has 0 aliphatic heterocycles. The highest BCUT2D eigenvalue weighted by molar-refractivity contribution is 7.12. The molecule has 0 fully saturated rings. The van der Waals surface area contributed by atoms with E-state index in [4.69, 9.17) is 0 Å². The molecule has 0 spiro atoms. The van der Waals surface area contributed by atoms with E-state index in [1.165, 1.54) is 11.3 Å². The summed E-state index contributed by atoms with van der Waals surface area (Å²) >= 11 is 1.43. The van der Waals surface area contributed by atoms with Gasteiger partial charge in [-0.3, -0.25) is 9.48 Å². The largest absolute Gasteiger partial charge is 0.478 e. The number of thiophene rings is 1. The van der Waals surface area contributed by atoms with E-state index < -0.39 is 5.97 Å². The van der Waals surface area contributed by atoms with Crippen molar-refractivity contribution in [2.24, 2.45) is 0 Å². The van der Waals surface area contributed by atoms with Crippen LogP contribution >= 0.6 is 11.3 Å². The van der Waals surface area contributed by atoms with E-state index in [0.29, 0.717) is 17.7 Å². The van der Waals surface area contributed by atoms with Crippen LogP contribution in [0.5, 0.6) is 0 Å². The van der Waals surface area contributed by atoms with Crippen LogP contribution < -0.4 is 5.32 Å². The molecule has 8 heteroatoms. The van der Waals surface area contributed by atoms with Gasteiger partial charge in [0.15, 0.2) is 0 Å². The van der Waals surface area contributed by atoms with Crippen LogP contribution in [0.3, 0.4) is 0 Å². The van der Waals surface area contributed by atoms with Gasteiger partial charge in [0.25, 0.3) is 0 Å². The fraction of sp³-hybridized carbons (Fsp3) is 0.385. The van der Waals surface area contributed by atoms with Crippen molar-refractivity contribution in [2.75, 3.05) is 0 Å². The molecule has 0 aliphatic rings. The monoisotopic (exact) mass is 308 g/mol. The fourth-order valence-electron chi connectivity index (χ4n) is 2.07. The predicted molar refractivity (Wildman–Crippen MR) is 77.2 cm³/mol. The van der Waals surface area contributed by atoms with E-state index in [0.717, 1.165) is 9.75 Å². The summed E-state index contributed by atoms with van der Waals surface area (Å²) in [5, 5.41) is 19.4. The van der Waals surface area contributed by atoms with Gasteiger partial charge in [-0.15, -0.1) is 16.4 Å². The van der Waals surface area contributed by atoms with Gasteiger partial charge in [0.1, 0.15) is 0 Å². The zero-order valence-electron chi connectivity index (χ0n) is 11.8. The van der Waals surface area contributed by atoms with Crippen molar-refractivity contribution in [1.82, 2.24) is 20.3 Å². The van der Waals surface area contributed by atoms with E-state index in [1.54, 1.807) is 24.0 Å². The molecule has 2 N–H and O–H groups in total. The van der Waals surface area contributed by atoms with Crippen LogP contribution in [0.15, 0.2) is 12.4 Å². The van der Waals surface area contributed by atoms with Crippen molar-refractivity contribution < 1.29 is 14.7 Å². The van der Waals surface area contributed by atoms with E-state index in [2.05, 4.69) is 15.6 Å². The Morgan fingerprint density at radius 2 is 2.14 bits per heavy atom. The van der Waals surface area contributed by atoms with E-state index in [1.807, 2.05) is 6.92 Å². The Morgan fingerprint density at radius 1 is 1.38 bits per heavy atom. The van der Waals surface area contributed by atoms with Gasteiger partial charge in [-0.05, 0) is 19.4 Å². The van der Waals surface area contributed by atoms with Crippen LogP contribution in [-0.2, 0) is 17.9 Å². The number of aromatic carboxylic acids is 1. The lowest BCUT2D eigenvalue weighted by atomic mass is 10.1. The number of carbonyl (C=O) groups excluding carboxylic acids is 1. The Kier molecular flexibility index (Phi) is 4.69. The summed E-state index contributed by atoms with van der Waals surface area (Å²) in [5.41, 5.74) is 0.980. The lowest BCUT2D eigenvalue weighted by molar-refractivity contribution is -0.121. The van der Waals surface area contributed by atoms with Crippen molar-refractivity contribution in [3.05, 3.63) is 33.3 Å². The second-order valence-electron chi connectivity index (χ2n) is 4.57. The number of hydrogen-bond acceptors (Lipinski definition) is 5. The first-order valence-corrected chi connectivity index (χ1v) is 7.23. The minimum absolute atomic E-state index is 0.148. The Balaban J connectivity index is 1.93. The Hall–Kier alpha value is -2.22. The highest BCUT2D eigenvalue weighted by Gasteiger charge is 2.19. The van der Waals surface area contributed by atoms with Crippen LogP contribution in [-0.4, -0.2) is 32.0 Å². The maximum Gasteiger partial charge on any atom is 0.337 e. The van der Waals surface area contributed by atoms with Crippen molar-refractivity contribution in [1.29, 1.82) is 0 Å². The van der Waals surface area contributed by atoms with Crippen LogP contribution in [0.4, 0.5) is 0 Å². The van der Waals surface area contributed by atoms with Crippen molar-refractivity contribution in [3.8, 4) is 0 Å². The third-order valence-electron chi connectivity index (χ3n) is 3.10. The maximum absolute atomic E-state index is 11.8. The van der Waals surface area contributed by atoms with Gasteiger partial charge in [-0.2, -0.15) is 0 Å². The van der Waals surface area contributed by atoms with Crippen molar-refractivity contribution in [3.63, 3.8) is 0 Å². The lowest BCUT2D eigenvalue weighted by Gasteiger charge is -2.07. The third kappa shape index (κ3) is 3.66. The van der Waals surface area contributed by atoms with Gasteiger partial charge < -0.3 is 10.4 Å². The Labute approximate surface area is 125 Å². The van der Waals surface area contributed by atoms with Crippen LogP contribution in [0.1, 0.15) is 32.1 Å². The Morgan fingerprint density at radius 3 is 2.76 bits per heavy atom. The summed E-state index contributed by atoms with van der Waals surface area (Å²) in [5.74, 6) is -1.10. The Bertz CT molecular complexity index is 649. The number of nitrogens with one attached hydrogen (secondary N) is 1. The average molecular weight is 308 g/mol. The predicted octanol–water partition coefficient (Wildman–Crippen LogP) is 1.36. The summed E-state index contributed by atoms with van der Waals surface area (Å²) in [6, 6.07) is 0. The number of hydrogen-bond donors (Lipinski definition) is 2. The van der Waals surface area contributed by atoms with E-state index >= 15 is 0 Å². The topological polar surface area (TPSA) is 97.1 Å². The molecule has 112 valence electrons. The van der Waals surface area contributed by atoms with Gasteiger partial charge in [0.2, 0.25) is 5.91 Å². The second kappa shape index (κ2) is 6.49. The number of rotatable bonds is 6. The fourth-order valence-corrected chi connectivity index (χ4v) is 3.14. The summed E-state index contributed by atoms with van der Waals surface area (Å²) in [7, 11) is 0. The minimum atomic E-state index is -0.955. The van der Waals surface area contributed by atoms with Gasteiger partial charge in [-0.1, -0.05) is 5.21 Å². The van der Waals surface area contributed by atoms with E-state index in [9.17, 15) is 14.7 Å². The van der Waals surface area contributed by atoms with Crippen LogP contribution in [0, 0.1) is 13.8 Å². The molecule has 0 unspecified atom stereocenters. The first kappa shape index (κ1) is 15.2. The molecule has 2 rings (SSSR count). The number of amides is 1. The first-order valence-electron chi connectivity index (χ1n) is 6.42. The standard InChI is InChI=1S/C13H16N4O3S/c1-8-10(12(13(19)20)9(2)21-8)7-14-11(18)3-5-17-6-4-15-16-17/h4,6H,3,5,7H2,1-2H3,(H,14,18)(H,19,20). The third-order valence-corrected chi connectivity index (χ3v) is 4.16. The number of aryl methyl sites for hydroxylation is 3. The highest BCUT2D eigenvalue weighted by atomic mass is 32.1. The maximum atomic E-state index is 11.8. The van der Waals surface area contributed by atoms with Gasteiger partial charge >= 0.3 is 5.97 Å². The average Bonchev–Trinajstić information content (AvgIpc) is 3.01. The molecule has 0 atom stereocenters.